The summed E-state index contributed by atoms with van der Waals surface area (Å²) in [4.78, 5) is 13.5. The quantitative estimate of drug-likeness (QED) is 0.835. The Hall–Kier alpha value is -1.43. The lowest BCUT2D eigenvalue weighted by atomic mass is 9.97. The highest BCUT2D eigenvalue weighted by Gasteiger charge is 2.27. The summed E-state index contributed by atoms with van der Waals surface area (Å²) in [5, 5.41) is 18.6. The zero-order valence-electron chi connectivity index (χ0n) is 12.4. The number of carboxylic acid groups (broad SMARTS) is 1. The van der Waals surface area contributed by atoms with Crippen LogP contribution in [-0.2, 0) is 16.1 Å². The molecular weight excluding hydrogens is 270 g/mol. The summed E-state index contributed by atoms with van der Waals surface area (Å²) in [5.41, 5.74) is 1.53. The van der Waals surface area contributed by atoms with Crippen LogP contribution in [0.3, 0.4) is 0 Å². The average molecular weight is 293 g/mol. The monoisotopic (exact) mass is 293 g/mol. The first-order valence-corrected chi connectivity index (χ1v) is 7.32. The Balaban J connectivity index is 2.07. The molecule has 1 aliphatic heterocycles. The zero-order valence-corrected chi connectivity index (χ0v) is 12.4. The van der Waals surface area contributed by atoms with E-state index in [2.05, 4.69) is 0 Å². The van der Waals surface area contributed by atoms with Crippen LogP contribution in [0.25, 0.3) is 0 Å². The molecule has 2 rings (SSSR count). The molecule has 0 radical (unpaired) electrons. The molecule has 0 spiro atoms. The van der Waals surface area contributed by atoms with Gasteiger partial charge in [-0.25, -0.2) is 0 Å². The lowest BCUT2D eigenvalue weighted by Crippen LogP contribution is -2.36. The topological polar surface area (TPSA) is 70.0 Å². The van der Waals surface area contributed by atoms with Crippen molar-refractivity contribution in [2.45, 2.75) is 25.5 Å². The third-order valence-corrected chi connectivity index (χ3v) is 4.04. The SMILES string of the molecule is CN(CC1CCOCC1)C(C(=O)O)c1ccc(CO)cc1. The largest absolute Gasteiger partial charge is 0.480 e. The van der Waals surface area contributed by atoms with Crippen molar-refractivity contribution in [3.8, 4) is 0 Å². The molecule has 1 atom stereocenters. The first-order chi connectivity index (χ1) is 10.1. The number of carboxylic acids is 1. The average Bonchev–Trinajstić information content (AvgIpc) is 2.49. The van der Waals surface area contributed by atoms with Crippen LogP contribution >= 0.6 is 0 Å². The zero-order chi connectivity index (χ0) is 15.2. The van der Waals surface area contributed by atoms with Gasteiger partial charge in [-0.3, -0.25) is 9.69 Å². The van der Waals surface area contributed by atoms with Gasteiger partial charge in [0.05, 0.1) is 6.61 Å². The van der Waals surface area contributed by atoms with Gasteiger partial charge >= 0.3 is 5.97 Å². The molecule has 116 valence electrons. The highest BCUT2D eigenvalue weighted by atomic mass is 16.5. The Morgan fingerprint density at radius 1 is 1.33 bits per heavy atom. The maximum Gasteiger partial charge on any atom is 0.325 e. The van der Waals surface area contributed by atoms with Crippen molar-refractivity contribution in [3.63, 3.8) is 0 Å². The minimum Gasteiger partial charge on any atom is -0.480 e. The molecule has 1 aromatic rings. The Morgan fingerprint density at radius 2 is 1.95 bits per heavy atom. The summed E-state index contributed by atoms with van der Waals surface area (Å²) < 4.78 is 5.34. The van der Waals surface area contributed by atoms with Crippen LogP contribution in [0.4, 0.5) is 0 Å². The Labute approximate surface area is 125 Å². The van der Waals surface area contributed by atoms with Crippen LogP contribution in [0, 0.1) is 5.92 Å². The molecule has 1 heterocycles. The Morgan fingerprint density at radius 3 is 2.48 bits per heavy atom. The molecule has 1 aliphatic rings. The number of ether oxygens (including phenoxy) is 1. The number of aliphatic hydroxyl groups excluding tert-OH is 1. The van der Waals surface area contributed by atoms with Gasteiger partial charge in [-0.05, 0) is 36.9 Å². The number of rotatable bonds is 6. The predicted octanol–water partition coefficient (Wildman–Crippen LogP) is 1.66. The second-order valence-electron chi connectivity index (χ2n) is 5.64. The molecular formula is C16H23NO4. The van der Waals surface area contributed by atoms with Crippen molar-refractivity contribution in [1.29, 1.82) is 0 Å². The smallest absolute Gasteiger partial charge is 0.325 e. The van der Waals surface area contributed by atoms with Gasteiger partial charge in [0.15, 0.2) is 0 Å². The summed E-state index contributed by atoms with van der Waals surface area (Å²) in [6.07, 6.45) is 1.97. The van der Waals surface area contributed by atoms with E-state index in [4.69, 9.17) is 9.84 Å². The first-order valence-electron chi connectivity index (χ1n) is 7.32. The summed E-state index contributed by atoms with van der Waals surface area (Å²) >= 11 is 0. The minimum absolute atomic E-state index is 0.0318. The maximum absolute atomic E-state index is 11.6. The van der Waals surface area contributed by atoms with Gasteiger partial charge in [0.2, 0.25) is 0 Å². The van der Waals surface area contributed by atoms with Crippen molar-refractivity contribution >= 4 is 5.97 Å². The van der Waals surface area contributed by atoms with Crippen molar-refractivity contribution in [3.05, 3.63) is 35.4 Å². The molecule has 0 aromatic heterocycles. The number of hydrogen-bond acceptors (Lipinski definition) is 4. The van der Waals surface area contributed by atoms with Crippen molar-refractivity contribution in [1.82, 2.24) is 4.90 Å². The maximum atomic E-state index is 11.6. The number of aliphatic hydroxyl groups is 1. The summed E-state index contributed by atoms with van der Waals surface area (Å²) in [6.45, 7) is 2.25. The molecule has 2 N–H and O–H groups in total. The van der Waals surface area contributed by atoms with Crippen LogP contribution < -0.4 is 0 Å². The van der Waals surface area contributed by atoms with Gasteiger partial charge in [0, 0.05) is 19.8 Å². The number of benzene rings is 1. The van der Waals surface area contributed by atoms with Crippen molar-refractivity contribution in [2.75, 3.05) is 26.8 Å². The highest BCUT2D eigenvalue weighted by molar-refractivity contribution is 5.75. The first kappa shape index (κ1) is 15.9. The minimum atomic E-state index is -0.846. The van der Waals surface area contributed by atoms with E-state index in [1.54, 1.807) is 24.3 Å². The van der Waals surface area contributed by atoms with E-state index in [0.717, 1.165) is 43.7 Å². The van der Waals surface area contributed by atoms with E-state index in [9.17, 15) is 9.90 Å². The Bertz CT molecular complexity index is 454. The number of carbonyl (C=O) groups is 1. The number of hydrogen-bond donors (Lipinski definition) is 2. The van der Waals surface area contributed by atoms with Crippen molar-refractivity contribution < 1.29 is 19.7 Å². The van der Waals surface area contributed by atoms with Gasteiger partial charge < -0.3 is 14.9 Å². The van der Waals surface area contributed by atoms with Crippen molar-refractivity contribution in [2.24, 2.45) is 5.92 Å². The van der Waals surface area contributed by atoms with Crippen LogP contribution in [-0.4, -0.2) is 47.9 Å². The fourth-order valence-corrected chi connectivity index (χ4v) is 2.83. The van der Waals surface area contributed by atoms with E-state index in [0.29, 0.717) is 5.92 Å². The van der Waals surface area contributed by atoms with E-state index in [1.807, 2.05) is 11.9 Å². The van der Waals surface area contributed by atoms with Gasteiger partial charge in [0.25, 0.3) is 0 Å². The van der Waals surface area contributed by atoms with Gasteiger partial charge in [-0.1, -0.05) is 24.3 Å². The van der Waals surface area contributed by atoms with Gasteiger partial charge in [-0.2, -0.15) is 0 Å². The molecule has 21 heavy (non-hydrogen) atoms. The molecule has 1 aromatic carbocycles. The Kier molecular flexibility index (Phi) is 5.73. The molecule has 1 unspecified atom stereocenters. The predicted molar refractivity (Wildman–Crippen MR) is 78.9 cm³/mol. The molecule has 1 saturated heterocycles. The second kappa shape index (κ2) is 7.54. The normalized spacial score (nSPS) is 17.9. The van der Waals surface area contributed by atoms with E-state index in [-0.39, 0.29) is 6.61 Å². The molecule has 0 saturated carbocycles. The lowest BCUT2D eigenvalue weighted by Gasteiger charge is -2.31. The number of nitrogens with zero attached hydrogens (tertiary/aromatic N) is 1. The van der Waals surface area contributed by atoms with Gasteiger partial charge in [-0.15, -0.1) is 0 Å². The third kappa shape index (κ3) is 4.27. The van der Waals surface area contributed by atoms with E-state index in [1.165, 1.54) is 0 Å². The fraction of sp³-hybridized carbons (Fsp3) is 0.562. The molecule has 1 fully saturated rings. The molecule has 5 heteroatoms. The van der Waals surface area contributed by atoms with Crippen LogP contribution in [0.15, 0.2) is 24.3 Å². The van der Waals surface area contributed by atoms with Crippen LogP contribution in [0.1, 0.15) is 30.0 Å². The number of likely N-dealkylation sites (N-methyl/N-ethyl adjacent to an activating group) is 1. The summed E-state index contributed by atoms with van der Waals surface area (Å²) in [7, 11) is 1.86. The van der Waals surface area contributed by atoms with E-state index < -0.39 is 12.0 Å². The summed E-state index contributed by atoms with van der Waals surface area (Å²) in [6, 6.07) is 6.46. The molecule has 5 nitrogen and oxygen atoms in total. The number of aliphatic carboxylic acids is 1. The van der Waals surface area contributed by atoms with Gasteiger partial charge in [0.1, 0.15) is 6.04 Å². The van der Waals surface area contributed by atoms with Crippen LogP contribution in [0.5, 0.6) is 0 Å². The molecule has 0 bridgehead atoms. The molecule has 0 aliphatic carbocycles. The second-order valence-corrected chi connectivity index (χ2v) is 5.64. The molecule has 0 amide bonds. The lowest BCUT2D eigenvalue weighted by molar-refractivity contribution is -0.143. The van der Waals surface area contributed by atoms with Crippen LogP contribution in [0.2, 0.25) is 0 Å². The standard InChI is InChI=1S/C16H23NO4/c1-17(10-12-6-8-21-9-7-12)15(16(19)20)14-4-2-13(11-18)3-5-14/h2-5,12,15,18H,6-11H2,1H3,(H,19,20). The third-order valence-electron chi connectivity index (χ3n) is 4.04. The van der Waals surface area contributed by atoms with E-state index >= 15 is 0 Å². The highest BCUT2D eigenvalue weighted by Crippen LogP contribution is 2.24. The summed E-state index contributed by atoms with van der Waals surface area (Å²) in [5.74, 6) is -0.358. The fourth-order valence-electron chi connectivity index (χ4n) is 2.83.